The fourth-order valence-corrected chi connectivity index (χ4v) is 4.26. The summed E-state index contributed by atoms with van der Waals surface area (Å²) in [5.41, 5.74) is 9.59. The summed E-state index contributed by atoms with van der Waals surface area (Å²) in [6.45, 7) is 11.3. The SMILES string of the molecule is CCC(C)(C)c1ccc(-c2ccc(-c3ccc(C(C)C)cc3)c3nsnc23)cc1. The van der Waals surface area contributed by atoms with Crippen molar-refractivity contribution in [1.29, 1.82) is 0 Å². The highest BCUT2D eigenvalue weighted by Crippen LogP contribution is 2.36. The van der Waals surface area contributed by atoms with Gasteiger partial charge in [-0.3, -0.25) is 0 Å². The van der Waals surface area contributed by atoms with Crippen LogP contribution in [0.3, 0.4) is 0 Å². The van der Waals surface area contributed by atoms with Crippen LogP contribution in [0.5, 0.6) is 0 Å². The van der Waals surface area contributed by atoms with Crippen molar-refractivity contribution < 1.29 is 0 Å². The molecule has 0 aliphatic heterocycles. The molecule has 0 N–H and O–H groups in total. The Morgan fingerprint density at radius 3 is 1.69 bits per heavy atom. The lowest BCUT2D eigenvalue weighted by Crippen LogP contribution is -2.14. The highest BCUT2D eigenvalue weighted by Gasteiger charge is 2.18. The molecule has 0 aliphatic carbocycles. The van der Waals surface area contributed by atoms with Crippen molar-refractivity contribution in [3.63, 3.8) is 0 Å². The van der Waals surface area contributed by atoms with Crippen LogP contribution in [0.4, 0.5) is 0 Å². The van der Waals surface area contributed by atoms with Crippen LogP contribution in [0, 0.1) is 0 Å². The van der Waals surface area contributed by atoms with Crippen LogP contribution in [0.1, 0.15) is 58.1 Å². The average Bonchev–Trinajstić information content (AvgIpc) is 3.23. The van der Waals surface area contributed by atoms with E-state index in [1.807, 2.05) is 0 Å². The standard InChI is InChI=1S/C26H28N2S/c1-6-26(4,5)21-13-11-20(12-14-21)23-16-15-22(24-25(23)28-29-27-24)19-9-7-18(8-10-19)17(2)3/h7-17H,6H2,1-5H3. The first kappa shape index (κ1) is 19.8. The van der Waals surface area contributed by atoms with Gasteiger partial charge in [-0.25, -0.2) is 0 Å². The first-order valence-electron chi connectivity index (χ1n) is 10.4. The van der Waals surface area contributed by atoms with Crippen LogP contribution < -0.4 is 0 Å². The van der Waals surface area contributed by atoms with E-state index in [0.29, 0.717) is 5.92 Å². The highest BCUT2D eigenvalue weighted by molar-refractivity contribution is 7.00. The van der Waals surface area contributed by atoms with E-state index >= 15 is 0 Å². The van der Waals surface area contributed by atoms with Gasteiger partial charge in [0.05, 0.1) is 11.7 Å². The second-order valence-electron chi connectivity index (χ2n) is 8.71. The Kier molecular flexibility index (Phi) is 5.26. The van der Waals surface area contributed by atoms with Gasteiger partial charge < -0.3 is 0 Å². The first-order valence-corrected chi connectivity index (χ1v) is 11.1. The molecule has 1 aromatic heterocycles. The Balaban J connectivity index is 1.75. The lowest BCUT2D eigenvalue weighted by Gasteiger charge is -2.23. The Hall–Kier alpha value is -2.52. The molecular formula is C26H28N2S. The highest BCUT2D eigenvalue weighted by atomic mass is 32.1. The zero-order valence-corrected chi connectivity index (χ0v) is 18.7. The van der Waals surface area contributed by atoms with Gasteiger partial charge in [0, 0.05) is 11.1 Å². The first-order chi connectivity index (χ1) is 13.9. The number of benzene rings is 3. The number of nitrogens with zero attached hydrogens (tertiary/aromatic N) is 2. The second-order valence-corrected chi connectivity index (χ2v) is 9.24. The molecule has 0 atom stereocenters. The maximum Gasteiger partial charge on any atom is 0.113 e. The largest absolute Gasteiger partial charge is 0.172 e. The van der Waals surface area contributed by atoms with Gasteiger partial charge >= 0.3 is 0 Å². The molecule has 4 rings (SSSR count). The maximum absolute atomic E-state index is 4.64. The molecule has 0 unspecified atom stereocenters. The number of fused-ring (bicyclic) bond motifs is 1. The van der Waals surface area contributed by atoms with E-state index in [2.05, 4.69) is 104 Å². The smallest absolute Gasteiger partial charge is 0.113 e. The summed E-state index contributed by atoms with van der Waals surface area (Å²) in [7, 11) is 0. The number of rotatable bonds is 5. The molecule has 0 amide bonds. The van der Waals surface area contributed by atoms with Gasteiger partial charge in [0.15, 0.2) is 0 Å². The van der Waals surface area contributed by atoms with Gasteiger partial charge in [0.1, 0.15) is 11.0 Å². The lowest BCUT2D eigenvalue weighted by atomic mass is 9.82. The molecule has 3 heteroatoms. The number of hydrogen-bond donors (Lipinski definition) is 0. The van der Waals surface area contributed by atoms with E-state index in [1.54, 1.807) is 0 Å². The van der Waals surface area contributed by atoms with Crippen LogP contribution >= 0.6 is 11.7 Å². The molecule has 0 spiro atoms. The monoisotopic (exact) mass is 400 g/mol. The van der Waals surface area contributed by atoms with E-state index in [1.165, 1.54) is 34.0 Å². The summed E-state index contributed by atoms with van der Waals surface area (Å²) in [4.78, 5) is 0. The van der Waals surface area contributed by atoms with Gasteiger partial charge in [0.2, 0.25) is 0 Å². The van der Waals surface area contributed by atoms with E-state index < -0.39 is 0 Å². The molecule has 0 fully saturated rings. The second kappa shape index (κ2) is 7.72. The third-order valence-electron chi connectivity index (χ3n) is 6.17. The van der Waals surface area contributed by atoms with Crippen molar-refractivity contribution >= 4 is 22.8 Å². The quantitative estimate of drug-likeness (QED) is 0.341. The molecule has 0 radical (unpaired) electrons. The van der Waals surface area contributed by atoms with Crippen LogP contribution in [0.15, 0.2) is 60.7 Å². The van der Waals surface area contributed by atoms with Gasteiger partial charge in [0.25, 0.3) is 0 Å². The third-order valence-corrected chi connectivity index (χ3v) is 6.69. The molecule has 0 aliphatic rings. The van der Waals surface area contributed by atoms with Crippen LogP contribution in [-0.2, 0) is 5.41 Å². The van der Waals surface area contributed by atoms with E-state index in [4.69, 9.17) is 0 Å². The van der Waals surface area contributed by atoms with Crippen LogP contribution in [0.25, 0.3) is 33.3 Å². The summed E-state index contributed by atoms with van der Waals surface area (Å²) in [5.74, 6) is 0.535. The number of hydrogen-bond acceptors (Lipinski definition) is 3. The molecule has 1 heterocycles. The van der Waals surface area contributed by atoms with Gasteiger partial charge in [-0.1, -0.05) is 95.3 Å². The van der Waals surface area contributed by atoms with Gasteiger partial charge in [-0.05, 0) is 40.0 Å². The van der Waals surface area contributed by atoms with Crippen molar-refractivity contribution in [1.82, 2.24) is 8.75 Å². The molecule has 4 aromatic rings. The minimum Gasteiger partial charge on any atom is -0.172 e. The van der Waals surface area contributed by atoms with E-state index in [0.717, 1.165) is 28.6 Å². The Bertz CT molecular complexity index is 1120. The van der Waals surface area contributed by atoms with Crippen LogP contribution in [-0.4, -0.2) is 8.75 Å². The summed E-state index contributed by atoms with van der Waals surface area (Å²) in [5, 5.41) is 0. The van der Waals surface area contributed by atoms with Crippen molar-refractivity contribution in [3.05, 3.63) is 71.8 Å². The molecule has 3 aromatic carbocycles. The Morgan fingerprint density at radius 2 is 1.24 bits per heavy atom. The van der Waals surface area contributed by atoms with Gasteiger partial charge in [-0.2, -0.15) is 8.75 Å². The predicted octanol–water partition coefficient (Wildman–Crippen LogP) is 7.84. The minimum atomic E-state index is 0.196. The molecule has 0 bridgehead atoms. The zero-order valence-electron chi connectivity index (χ0n) is 17.9. The fraction of sp³-hybridized carbons (Fsp3) is 0.308. The normalized spacial score (nSPS) is 12.1. The van der Waals surface area contributed by atoms with Gasteiger partial charge in [-0.15, -0.1) is 0 Å². The maximum atomic E-state index is 4.64. The lowest BCUT2D eigenvalue weighted by molar-refractivity contribution is 0.506. The molecule has 0 saturated carbocycles. The molecule has 2 nitrogen and oxygen atoms in total. The van der Waals surface area contributed by atoms with E-state index in [-0.39, 0.29) is 5.41 Å². The Morgan fingerprint density at radius 1 is 0.759 bits per heavy atom. The average molecular weight is 401 g/mol. The third kappa shape index (κ3) is 3.72. The molecular weight excluding hydrogens is 372 g/mol. The Labute approximate surface area is 178 Å². The molecule has 29 heavy (non-hydrogen) atoms. The van der Waals surface area contributed by atoms with Crippen molar-refractivity contribution in [2.24, 2.45) is 0 Å². The van der Waals surface area contributed by atoms with Crippen molar-refractivity contribution in [3.8, 4) is 22.3 Å². The summed E-state index contributed by atoms with van der Waals surface area (Å²) < 4.78 is 9.28. The number of aromatic nitrogens is 2. The molecule has 0 saturated heterocycles. The van der Waals surface area contributed by atoms with E-state index in [9.17, 15) is 0 Å². The summed E-state index contributed by atoms with van der Waals surface area (Å²) in [6, 6.07) is 22.2. The topological polar surface area (TPSA) is 25.8 Å². The zero-order chi connectivity index (χ0) is 20.6. The summed E-state index contributed by atoms with van der Waals surface area (Å²) in [6.07, 6.45) is 1.12. The minimum absolute atomic E-state index is 0.196. The fourth-order valence-electron chi connectivity index (χ4n) is 3.69. The van der Waals surface area contributed by atoms with Crippen molar-refractivity contribution in [2.75, 3.05) is 0 Å². The summed E-state index contributed by atoms with van der Waals surface area (Å²) >= 11 is 1.29. The predicted molar refractivity (Wildman–Crippen MR) is 126 cm³/mol. The van der Waals surface area contributed by atoms with Crippen LogP contribution in [0.2, 0.25) is 0 Å². The van der Waals surface area contributed by atoms with Crippen molar-refractivity contribution in [2.45, 2.75) is 52.4 Å². The molecule has 148 valence electrons.